The van der Waals surface area contributed by atoms with Gasteiger partial charge in [0.1, 0.15) is 0 Å². The van der Waals surface area contributed by atoms with Crippen LogP contribution in [0.25, 0.3) is 11.3 Å². The fraction of sp³-hybridized carbons (Fsp3) is 0.267. The van der Waals surface area contributed by atoms with E-state index in [1.54, 1.807) is 0 Å². The molecule has 0 saturated heterocycles. The Balaban J connectivity index is 1.75. The van der Waals surface area contributed by atoms with E-state index < -0.39 is 0 Å². The van der Waals surface area contributed by atoms with Gasteiger partial charge in [-0.2, -0.15) is 0 Å². The normalized spacial score (nSPS) is 16.9. The van der Waals surface area contributed by atoms with Crippen LogP contribution < -0.4 is 10.6 Å². The zero-order chi connectivity index (χ0) is 12.8. The van der Waals surface area contributed by atoms with E-state index in [1.807, 2.05) is 6.07 Å². The fourth-order valence-corrected chi connectivity index (χ4v) is 2.91. The van der Waals surface area contributed by atoms with E-state index in [2.05, 4.69) is 33.8 Å². The Labute approximate surface area is 111 Å². The van der Waals surface area contributed by atoms with Gasteiger partial charge in [-0.25, -0.2) is 0 Å². The lowest BCUT2D eigenvalue weighted by Crippen LogP contribution is -2.22. The second-order valence-corrected chi connectivity index (χ2v) is 5.21. The Morgan fingerprint density at radius 2 is 2.05 bits per heavy atom. The van der Waals surface area contributed by atoms with Crippen LogP contribution in [0.1, 0.15) is 16.8 Å². The summed E-state index contributed by atoms with van der Waals surface area (Å²) in [6, 6.07) is 8.38. The van der Waals surface area contributed by atoms with Gasteiger partial charge in [0.05, 0.1) is 6.42 Å². The predicted molar refractivity (Wildman–Crippen MR) is 74.0 cm³/mol. The molecule has 0 spiro atoms. The summed E-state index contributed by atoms with van der Waals surface area (Å²) in [5, 5.41) is 6.24. The number of aromatic amines is 1. The number of benzene rings is 1. The minimum atomic E-state index is 0.0853. The summed E-state index contributed by atoms with van der Waals surface area (Å²) in [6.45, 7) is 1.98. The third-order valence-corrected chi connectivity index (χ3v) is 3.90. The highest BCUT2D eigenvalue weighted by molar-refractivity contribution is 5.99. The number of carbonyl (C=O) groups is 1. The van der Waals surface area contributed by atoms with E-state index in [-0.39, 0.29) is 5.91 Å². The Hall–Kier alpha value is -2.07. The molecular weight excluding hydrogens is 238 g/mol. The molecule has 3 N–H and O–H groups in total. The zero-order valence-corrected chi connectivity index (χ0v) is 10.5. The van der Waals surface area contributed by atoms with E-state index >= 15 is 0 Å². The number of hydrogen-bond donors (Lipinski definition) is 3. The Bertz CT molecular complexity index is 649. The summed E-state index contributed by atoms with van der Waals surface area (Å²) in [5.41, 5.74) is 7.04. The van der Waals surface area contributed by atoms with Gasteiger partial charge < -0.3 is 15.6 Å². The van der Waals surface area contributed by atoms with Crippen molar-refractivity contribution in [1.29, 1.82) is 0 Å². The number of rotatable bonds is 1. The number of anilines is 1. The maximum atomic E-state index is 11.4. The summed E-state index contributed by atoms with van der Waals surface area (Å²) in [5.74, 6) is 0.0853. The summed E-state index contributed by atoms with van der Waals surface area (Å²) in [6.07, 6.45) is 1.55. The summed E-state index contributed by atoms with van der Waals surface area (Å²) < 4.78 is 0. The number of carbonyl (C=O) groups excluding carboxylic acids is 1. The maximum absolute atomic E-state index is 11.4. The van der Waals surface area contributed by atoms with E-state index in [1.165, 1.54) is 11.3 Å². The molecule has 3 heterocycles. The van der Waals surface area contributed by atoms with Crippen LogP contribution >= 0.6 is 0 Å². The highest BCUT2D eigenvalue weighted by Crippen LogP contribution is 2.30. The van der Waals surface area contributed by atoms with Gasteiger partial charge in [-0.05, 0) is 34.9 Å². The molecule has 96 valence electrons. The number of hydrogen-bond acceptors (Lipinski definition) is 2. The number of aromatic nitrogens is 1. The van der Waals surface area contributed by atoms with E-state index in [9.17, 15) is 4.79 Å². The maximum Gasteiger partial charge on any atom is 0.228 e. The first-order valence-corrected chi connectivity index (χ1v) is 6.64. The molecule has 0 radical (unpaired) electrons. The van der Waals surface area contributed by atoms with Crippen LogP contribution in [0.15, 0.2) is 24.3 Å². The quantitative estimate of drug-likeness (QED) is 0.726. The molecule has 4 nitrogen and oxygen atoms in total. The van der Waals surface area contributed by atoms with Crippen LogP contribution in [0.2, 0.25) is 0 Å². The van der Waals surface area contributed by atoms with Gasteiger partial charge in [-0.15, -0.1) is 0 Å². The lowest BCUT2D eigenvalue weighted by Gasteiger charge is -2.11. The van der Waals surface area contributed by atoms with Gasteiger partial charge in [-0.3, -0.25) is 4.79 Å². The molecule has 1 aromatic carbocycles. The zero-order valence-electron chi connectivity index (χ0n) is 10.5. The van der Waals surface area contributed by atoms with Crippen molar-refractivity contribution in [3.05, 3.63) is 41.1 Å². The number of fused-ring (bicyclic) bond motifs is 2. The van der Waals surface area contributed by atoms with Crippen LogP contribution in [-0.2, 0) is 24.2 Å². The summed E-state index contributed by atoms with van der Waals surface area (Å²) in [7, 11) is 0. The average Bonchev–Trinajstić information content (AvgIpc) is 2.99. The van der Waals surface area contributed by atoms with Gasteiger partial charge in [0.25, 0.3) is 0 Å². The van der Waals surface area contributed by atoms with Crippen molar-refractivity contribution in [2.45, 2.75) is 19.4 Å². The molecule has 4 heteroatoms. The van der Waals surface area contributed by atoms with Crippen molar-refractivity contribution >= 4 is 11.6 Å². The first-order chi connectivity index (χ1) is 9.29. The molecule has 2 aromatic rings. The number of nitrogens with one attached hydrogen (secondary N) is 3. The number of amides is 1. The topological polar surface area (TPSA) is 56.9 Å². The first-order valence-electron chi connectivity index (χ1n) is 6.64. The molecule has 2 aliphatic rings. The third-order valence-electron chi connectivity index (χ3n) is 3.90. The molecule has 2 aliphatic heterocycles. The monoisotopic (exact) mass is 253 g/mol. The summed E-state index contributed by atoms with van der Waals surface area (Å²) >= 11 is 0. The average molecular weight is 253 g/mol. The second-order valence-electron chi connectivity index (χ2n) is 5.21. The van der Waals surface area contributed by atoms with Gasteiger partial charge >= 0.3 is 0 Å². The molecule has 4 rings (SSSR count). The molecule has 0 atom stereocenters. The molecule has 0 unspecified atom stereocenters. The highest BCUT2D eigenvalue weighted by atomic mass is 16.1. The van der Waals surface area contributed by atoms with E-state index in [0.717, 1.165) is 42.0 Å². The largest absolute Gasteiger partial charge is 0.358 e. The highest BCUT2D eigenvalue weighted by Gasteiger charge is 2.19. The first kappa shape index (κ1) is 10.8. The van der Waals surface area contributed by atoms with Crippen molar-refractivity contribution in [3.8, 4) is 11.3 Å². The van der Waals surface area contributed by atoms with Crippen LogP contribution in [0, 0.1) is 0 Å². The minimum absolute atomic E-state index is 0.0853. The smallest absolute Gasteiger partial charge is 0.228 e. The Morgan fingerprint density at radius 1 is 1.11 bits per heavy atom. The fourth-order valence-electron chi connectivity index (χ4n) is 2.91. The van der Waals surface area contributed by atoms with Crippen LogP contribution in [0.5, 0.6) is 0 Å². The van der Waals surface area contributed by atoms with Crippen LogP contribution in [0.4, 0.5) is 5.69 Å². The van der Waals surface area contributed by atoms with Crippen LogP contribution in [-0.4, -0.2) is 17.4 Å². The molecule has 19 heavy (non-hydrogen) atoms. The van der Waals surface area contributed by atoms with Crippen molar-refractivity contribution in [3.63, 3.8) is 0 Å². The van der Waals surface area contributed by atoms with Gasteiger partial charge in [0, 0.05) is 36.6 Å². The van der Waals surface area contributed by atoms with Gasteiger partial charge in [0.2, 0.25) is 5.91 Å². The molecule has 0 fully saturated rings. The Kier molecular flexibility index (Phi) is 2.26. The van der Waals surface area contributed by atoms with Gasteiger partial charge in [0.15, 0.2) is 0 Å². The lowest BCUT2D eigenvalue weighted by molar-refractivity contribution is -0.115. The second kappa shape index (κ2) is 3.96. The summed E-state index contributed by atoms with van der Waals surface area (Å²) in [4.78, 5) is 14.9. The SMILES string of the molecule is O=C1Cc2cc(-c3cc4c([nH]3)CCNC4)ccc2N1. The molecule has 0 bridgehead atoms. The standard InChI is InChI=1S/C15H15N3O/c19-15-7-10-5-9(1-2-12(10)18-15)14-6-11-8-16-4-3-13(11)17-14/h1-2,5-6,16-17H,3-4,7-8H2,(H,18,19). The predicted octanol–water partition coefficient (Wildman–Crippen LogP) is 1.82. The third kappa shape index (κ3) is 1.76. The van der Waals surface area contributed by atoms with Crippen molar-refractivity contribution in [2.24, 2.45) is 0 Å². The Morgan fingerprint density at radius 3 is 2.95 bits per heavy atom. The molecule has 0 aliphatic carbocycles. The molecule has 1 aromatic heterocycles. The van der Waals surface area contributed by atoms with Crippen molar-refractivity contribution in [2.75, 3.05) is 11.9 Å². The van der Waals surface area contributed by atoms with E-state index in [0.29, 0.717) is 6.42 Å². The van der Waals surface area contributed by atoms with Crippen LogP contribution in [0.3, 0.4) is 0 Å². The van der Waals surface area contributed by atoms with Crippen molar-refractivity contribution < 1.29 is 4.79 Å². The number of H-pyrrole nitrogens is 1. The molecular formula is C15H15N3O. The lowest BCUT2D eigenvalue weighted by atomic mass is 10.1. The van der Waals surface area contributed by atoms with Gasteiger partial charge in [-0.1, -0.05) is 6.07 Å². The molecule has 0 saturated carbocycles. The van der Waals surface area contributed by atoms with Crippen molar-refractivity contribution in [1.82, 2.24) is 10.3 Å². The minimum Gasteiger partial charge on any atom is -0.358 e. The molecule has 1 amide bonds. The van der Waals surface area contributed by atoms with E-state index in [4.69, 9.17) is 0 Å².